The third-order valence-corrected chi connectivity index (χ3v) is 7.14. The van der Waals surface area contributed by atoms with Gasteiger partial charge in [-0.15, -0.1) is 0 Å². The van der Waals surface area contributed by atoms with E-state index in [2.05, 4.69) is 39.9 Å². The Hall–Kier alpha value is -2.06. The van der Waals surface area contributed by atoms with Crippen molar-refractivity contribution >= 4 is 11.9 Å². The van der Waals surface area contributed by atoms with Gasteiger partial charge in [-0.25, -0.2) is 0 Å². The molecule has 0 aromatic carbocycles. The average Bonchev–Trinajstić information content (AvgIpc) is 3.61. The predicted molar refractivity (Wildman–Crippen MR) is 127 cm³/mol. The number of nitrogens with zero attached hydrogens (tertiary/aromatic N) is 5. The Labute approximate surface area is 192 Å². The molecule has 1 amide bonds. The molecule has 3 aliphatic heterocycles. The van der Waals surface area contributed by atoms with Gasteiger partial charge in [0.25, 0.3) is 0 Å². The quantitative estimate of drug-likeness (QED) is 0.513. The summed E-state index contributed by atoms with van der Waals surface area (Å²) in [6, 6.07) is 4.20. The summed E-state index contributed by atoms with van der Waals surface area (Å²) in [4.78, 5) is 27.0. The molecule has 178 valence electrons. The molecule has 2 unspecified atom stereocenters. The molecule has 1 aromatic heterocycles. The van der Waals surface area contributed by atoms with Crippen molar-refractivity contribution in [2.24, 2.45) is 4.99 Å². The minimum Gasteiger partial charge on any atom is -0.468 e. The molecule has 2 atom stereocenters. The SMILES string of the molecule is CCNC(=NCC(c1ccco1)N1CCCC1)N1CCN(C(C)C(=O)N2CCCC2)CC1. The molecule has 1 aromatic rings. The van der Waals surface area contributed by atoms with Crippen LogP contribution in [0, 0.1) is 0 Å². The van der Waals surface area contributed by atoms with Gasteiger partial charge in [0, 0.05) is 45.8 Å². The summed E-state index contributed by atoms with van der Waals surface area (Å²) in [6.45, 7) is 13.3. The van der Waals surface area contributed by atoms with Crippen molar-refractivity contribution in [3.05, 3.63) is 24.2 Å². The number of hydrogen-bond acceptors (Lipinski definition) is 5. The minimum absolute atomic E-state index is 0.0340. The molecule has 0 saturated carbocycles. The summed E-state index contributed by atoms with van der Waals surface area (Å²) in [5.41, 5.74) is 0. The van der Waals surface area contributed by atoms with E-state index in [4.69, 9.17) is 9.41 Å². The molecule has 0 bridgehead atoms. The van der Waals surface area contributed by atoms with Crippen LogP contribution in [0.2, 0.25) is 0 Å². The summed E-state index contributed by atoms with van der Waals surface area (Å²) in [7, 11) is 0. The van der Waals surface area contributed by atoms with Crippen molar-refractivity contribution in [2.75, 3.05) is 65.4 Å². The van der Waals surface area contributed by atoms with Gasteiger partial charge >= 0.3 is 0 Å². The predicted octanol–water partition coefficient (Wildman–Crippen LogP) is 2.01. The van der Waals surface area contributed by atoms with Crippen LogP contribution in [0.5, 0.6) is 0 Å². The maximum atomic E-state index is 12.8. The zero-order valence-corrected chi connectivity index (χ0v) is 19.8. The zero-order chi connectivity index (χ0) is 22.3. The number of rotatable bonds is 7. The van der Waals surface area contributed by atoms with Crippen molar-refractivity contribution in [1.82, 2.24) is 24.9 Å². The lowest BCUT2D eigenvalue weighted by atomic mass is 10.2. The first-order valence-electron chi connectivity index (χ1n) is 12.5. The van der Waals surface area contributed by atoms with Gasteiger partial charge < -0.3 is 19.5 Å². The van der Waals surface area contributed by atoms with Crippen molar-refractivity contribution in [1.29, 1.82) is 0 Å². The molecule has 8 heteroatoms. The number of carbonyl (C=O) groups excluding carboxylic acids is 1. The van der Waals surface area contributed by atoms with E-state index < -0.39 is 0 Å². The lowest BCUT2D eigenvalue weighted by Crippen LogP contribution is -2.57. The number of furan rings is 1. The summed E-state index contributed by atoms with van der Waals surface area (Å²) >= 11 is 0. The molecular weight excluding hydrogens is 404 g/mol. The first-order chi connectivity index (χ1) is 15.7. The maximum absolute atomic E-state index is 12.8. The molecule has 3 aliphatic rings. The third kappa shape index (κ3) is 5.46. The molecule has 4 rings (SSSR count). The molecule has 0 spiro atoms. The number of amides is 1. The second-order valence-corrected chi connectivity index (χ2v) is 9.20. The normalized spacial score (nSPS) is 23.0. The highest BCUT2D eigenvalue weighted by Gasteiger charge is 2.31. The number of piperazine rings is 1. The molecule has 0 radical (unpaired) electrons. The summed E-state index contributed by atoms with van der Waals surface area (Å²) in [5, 5.41) is 3.49. The molecule has 0 aliphatic carbocycles. The fraction of sp³-hybridized carbons (Fsp3) is 0.750. The van der Waals surface area contributed by atoms with Crippen LogP contribution in [0.25, 0.3) is 0 Å². The summed E-state index contributed by atoms with van der Waals surface area (Å²) in [5.74, 6) is 2.27. The topological polar surface area (TPSA) is 67.6 Å². The zero-order valence-electron chi connectivity index (χ0n) is 19.8. The van der Waals surface area contributed by atoms with E-state index in [0.29, 0.717) is 12.5 Å². The van der Waals surface area contributed by atoms with Crippen LogP contribution in [0.15, 0.2) is 27.8 Å². The van der Waals surface area contributed by atoms with E-state index in [0.717, 1.165) is 83.5 Å². The van der Waals surface area contributed by atoms with Crippen LogP contribution in [0.1, 0.15) is 51.3 Å². The van der Waals surface area contributed by atoms with E-state index in [9.17, 15) is 4.79 Å². The van der Waals surface area contributed by atoms with Gasteiger partial charge in [-0.2, -0.15) is 0 Å². The van der Waals surface area contributed by atoms with Crippen molar-refractivity contribution in [3.8, 4) is 0 Å². The van der Waals surface area contributed by atoms with E-state index in [1.165, 1.54) is 12.8 Å². The third-order valence-electron chi connectivity index (χ3n) is 7.14. The van der Waals surface area contributed by atoms with Gasteiger partial charge in [0.15, 0.2) is 5.96 Å². The Kier molecular flexibility index (Phi) is 8.08. The Morgan fingerprint density at radius 3 is 2.31 bits per heavy atom. The Balaban J connectivity index is 1.36. The largest absolute Gasteiger partial charge is 0.468 e. The molecule has 8 nitrogen and oxygen atoms in total. The van der Waals surface area contributed by atoms with Crippen molar-refractivity contribution in [3.63, 3.8) is 0 Å². The van der Waals surface area contributed by atoms with Gasteiger partial charge in [-0.1, -0.05) is 0 Å². The van der Waals surface area contributed by atoms with Gasteiger partial charge in [-0.05, 0) is 64.8 Å². The van der Waals surface area contributed by atoms with Gasteiger partial charge in [0.05, 0.1) is 24.9 Å². The molecule has 4 heterocycles. The van der Waals surface area contributed by atoms with Crippen LogP contribution in [-0.4, -0.2) is 103 Å². The van der Waals surface area contributed by atoms with Crippen LogP contribution in [-0.2, 0) is 4.79 Å². The van der Waals surface area contributed by atoms with Gasteiger partial charge in [0.2, 0.25) is 5.91 Å². The molecule has 32 heavy (non-hydrogen) atoms. The van der Waals surface area contributed by atoms with Gasteiger partial charge in [-0.3, -0.25) is 19.6 Å². The molecular formula is C24H40N6O2. The summed E-state index contributed by atoms with van der Waals surface area (Å²) in [6.07, 6.45) is 6.54. The Bertz CT molecular complexity index is 732. The molecule has 3 fully saturated rings. The molecule has 3 saturated heterocycles. The second-order valence-electron chi connectivity index (χ2n) is 9.20. The Morgan fingerprint density at radius 2 is 1.69 bits per heavy atom. The fourth-order valence-corrected chi connectivity index (χ4v) is 5.20. The van der Waals surface area contributed by atoms with E-state index >= 15 is 0 Å². The highest BCUT2D eigenvalue weighted by molar-refractivity contribution is 5.82. The first-order valence-corrected chi connectivity index (χ1v) is 12.5. The van der Waals surface area contributed by atoms with Crippen LogP contribution in [0.3, 0.4) is 0 Å². The van der Waals surface area contributed by atoms with Crippen LogP contribution < -0.4 is 5.32 Å². The number of guanidine groups is 1. The highest BCUT2D eigenvalue weighted by atomic mass is 16.3. The van der Waals surface area contributed by atoms with Crippen LogP contribution >= 0.6 is 0 Å². The first kappa shape index (κ1) is 23.1. The summed E-state index contributed by atoms with van der Waals surface area (Å²) < 4.78 is 5.76. The standard InChI is InChI=1S/C24H40N6O2/c1-3-25-24(26-19-21(22-9-8-18-32-22)28-10-4-5-11-28)30-16-14-27(15-17-30)20(2)23(31)29-12-6-7-13-29/h8-9,18,20-21H,3-7,10-17,19H2,1-2H3,(H,25,26). The Morgan fingerprint density at radius 1 is 1.00 bits per heavy atom. The number of carbonyl (C=O) groups is 1. The van der Waals surface area contributed by atoms with E-state index in [-0.39, 0.29) is 12.1 Å². The van der Waals surface area contributed by atoms with Crippen molar-refractivity contribution in [2.45, 2.75) is 51.6 Å². The number of aliphatic imine (C=N–C) groups is 1. The van der Waals surface area contributed by atoms with E-state index in [1.807, 2.05) is 11.0 Å². The monoisotopic (exact) mass is 444 g/mol. The maximum Gasteiger partial charge on any atom is 0.239 e. The molecule has 1 N–H and O–H groups in total. The van der Waals surface area contributed by atoms with Gasteiger partial charge in [0.1, 0.15) is 5.76 Å². The fourth-order valence-electron chi connectivity index (χ4n) is 5.20. The lowest BCUT2D eigenvalue weighted by Gasteiger charge is -2.39. The number of nitrogens with one attached hydrogen (secondary N) is 1. The minimum atomic E-state index is -0.0340. The number of likely N-dealkylation sites (tertiary alicyclic amines) is 2. The second kappa shape index (κ2) is 11.2. The average molecular weight is 445 g/mol. The van der Waals surface area contributed by atoms with Crippen LogP contribution in [0.4, 0.5) is 0 Å². The number of hydrogen-bond donors (Lipinski definition) is 1. The lowest BCUT2D eigenvalue weighted by molar-refractivity contribution is -0.135. The van der Waals surface area contributed by atoms with Crippen molar-refractivity contribution < 1.29 is 9.21 Å². The van der Waals surface area contributed by atoms with E-state index in [1.54, 1.807) is 6.26 Å². The smallest absolute Gasteiger partial charge is 0.239 e. The highest BCUT2D eigenvalue weighted by Crippen LogP contribution is 2.26.